The summed E-state index contributed by atoms with van der Waals surface area (Å²) in [5.41, 5.74) is 1.15. The number of carbonyl (C=O) groups is 1. The highest BCUT2D eigenvalue weighted by molar-refractivity contribution is 5.78. The van der Waals surface area contributed by atoms with Crippen molar-refractivity contribution in [3.05, 3.63) is 35.9 Å². The summed E-state index contributed by atoms with van der Waals surface area (Å²) in [5, 5.41) is 9.22. The van der Waals surface area contributed by atoms with Crippen molar-refractivity contribution in [1.29, 1.82) is 0 Å². The van der Waals surface area contributed by atoms with Gasteiger partial charge in [0.05, 0.1) is 6.54 Å². The number of amides is 1. The molecular weight excluding hydrogens is 252 g/mol. The van der Waals surface area contributed by atoms with Crippen LogP contribution in [0.3, 0.4) is 0 Å². The van der Waals surface area contributed by atoms with Gasteiger partial charge in [0, 0.05) is 26.7 Å². The second-order valence-electron chi connectivity index (χ2n) is 5.66. The molecule has 1 aliphatic heterocycles. The van der Waals surface area contributed by atoms with Crippen LogP contribution in [0.4, 0.5) is 0 Å². The van der Waals surface area contributed by atoms with Gasteiger partial charge in [0.15, 0.2) is 0 Å². The van der Waals surface area contributed by atoms with Gasteiger partial charge < -0.3 is 10.0 Å². The van der Waals surface area contributed by atoms with Crippen LogP contribution in [-0.4, -0.2) is 54.1 Å². The first-order chi connectivity index (χ1) is 9.69. The van der Waals surface area contributed by atoms with Gasteiger partial charge >= 0.3 is 0 Å². The minimum Gasteiger partial charge on any atom is -0.396 e. The molecule has 1 amide bonds. The summed E-state index contributed by atoms with van der Waals surface area (Å²) in [6.45, 7) is 3.13. The van der Waals surface area contributed by atoms with E-state index in [1.807, 2.05) is 37.4 Å². The largest absolute Gasteiger partial charge is 0.396 e. The van der Waals surface area contributed by atoms with E-state index >= 15 is 0 Å². The Morgan fingerprint density at radius 2 is 2.15 bits per heavy atom. The van der Waals surface area contributed by atoms with Gasteiger partial charge in [0.1, 0.15) is 0 Å². The number of rotatable bonds is 5. The molecule has 0 saturated carbocycles. The molecular formula is C16H24N2O2. The predicted octanol–water partition coefficient (Wildman–Crippen LogP) is 1.35. The Balaban J connectivity index is 1.81. The van der Waals surface area contributed by atoms with Crippen LogP contribution in [0.5, 0.6) is 0 Å². The van der Waals surface area contributed by atoms with Gasteiger partial charge in [-0.1, -0.05) is 30.3 Å². The fourth-order valence-electron chi connectivity index (χ4n) is 2.70. The molecule has 1 aromatic carbocycles. The zero-order valence-electron chi connectivity index (χ0n) is 12.2. The number of hydrogen-bond acceptors (Lipinski definition) is 3. The molecule has 0 spiro atoms. The molecule has 1 atom stereocenters. The first kappa shape index (κ1) is 15.0. The predicted molar refractivity (Wildman–Crippen MR) is 79.2 cm³/mol. The van der Waals surface area contributed by atoms with E-state index in [1.165, 1.54) is 0 Å². The molecule has 0 bridgehead atoms. The van der Waals surface area contributed by atoms with Crippen LogP contribution in [0.2, 0.25) is 0 Å². The molecule has 20 heavy (non-hydrogen) atoms. The number of carbonyl (C=O) groups excluding carboxylic acids is 1. The second-order valence-corrected chi connectivity index (χ2v) is 5.66. The molecule has 1 saturated heterocycles. The number of nitrogens with zero attached hydrogens (tertiary/aromatic N) is 2. The smallest absolute Gasteiger partial charge is 0.236 e. The van der Waals surface area contributed by atoms with Crippen molar-refractivity contribution in [2.45, 2.75) is 19.4 Å². The van der Waals surface area contributed by atoms with Crippen molar-refractivity contribution in [3.63, 3.8) is 0 Å². The third kappa shape index (κ3) is 4.32. The molecule has 110 valence electrons. The van der Waals surface area contributed by atoms with Crippen molar-refractivity contribution in [2.75, 3.05) is 33.3 Å². The van der Waals surface area contributed by atoms with Gasteiger partial charge in [-0.05, 0) is 30.9 Å². The summed E-state index contributed by atoms with van der Waals surface area (Å²) in [6, 6.07) is 10.0. The van der Waals surface area contributed by atoms with Gasteiger partial charge in [0.2, 0.25) is 5.91 Å². The Morgan fingerprint density at radius 3 is 2.85 bits per heavy atom. The molecule has 4 nitrogen and oxygen atoms in total. The standard InChI is InChI=1S/C16H24N2O2/c1-17(10-14-6-3-2-4-7-14)16(20)12-18-9-5-8-15(11-18)13-19/h2-4,6-7,15,19H,5,8-13H2,1H3. The summed E-state index contributed by atoms with van der Waals surface area (Å²) < 4.78 is 0. The van der Waals surface area contributed by atoms with Gasteiger partial charge in [-0.25, -0.2) is 0 Å². The van der Waals surface area contributed by atoms with Crippen molar-refractivity contribution in [3.8, 4) is 0 Å². The van der Waals surface area contributed by atoms with E-state index < -0.39 is 0 Å². The molecule has 1 aliphatic rings. The number of likely N-dealkylation sites (N-methyl/N-ethyl adjacent to an activating group) is 1. The quantitative estimate of drug-likeness (QED) is 0.883. The second kappa shape index (κ2) is 7.41. The number of aliphatic hydroxyl groups excluding tert-OH is 1. The SMILES string of the molecule is CN(Cc1ccccc1)C(=O)CN1CCCC(CO)C1. The fourth-order valence-corrected chi connectivity index (χ4v) is 2.70. The molecule has 2 rings (SSSR count). The molecule has 0 aromatic heterocycles. The summed E-state index contributed by atoms with van der Waals surface area (Å²) in [4.78, 5) is 16.2. The van der Waals surface area contributed by atoms with Gasteiger partial charge in [-0.3, -0.25) is 9.69 Å². The molecule has 0 radical (unpaired) electrons. The van der Waals surface area contributed by atoms with E-state index in [0.717, 1.165) is 31.5 Å². The van der Waals surface area contributed by atoms with Crippen LogP contribution >= 0.6 is 0 Å². The van der Waals surface area contributed by atoms with Crippen LogP contribution in [0.15, 0.2) is 30.3 Å². The summed E-state index contributed by atoms with van der Waals surface area (Å²) in [5.74, 6) is 0.475. The maximum atomic E-state index is 12.2. The summed E-state index contributed by atoms with van der Waals surface area (Å²) in [7, 11) is 1.85. The zero-order valence-corrected chi connectivity index (χ0v) is 12.2. The van der Waals surface area contributed by atoms with E-state index in [0.29, 0.717) is 19.0 Å². The van der Waals surface area contributed by atoms with Crippen LogP contribution in [-0.2, 0) is 11.3 Å². The minimum atomic E-state index is 0.146. The topological polar surface area (TPSA) is 43.8 Å². The van der Waals surface area contributed by atoms with E-state index in [9.17, 15) is 9.90 Å². The normalized spacial score (nSPS) is 19.8. The Kier molecular flexibility index (Phi) is 5.56. The number of benzene rings is 1. The zero-order chi connectivity index (χ0) is 14.4. The average molecular weight is 276 g/mol. The molecule has 0 aliphatic carbocycles. The highest BCUT2D eigenvalue weighted by atomic mass is 16.3. The maximum absolute atomic E-state index is 12.2. The van der Waals surface area contributed by atoms with Crippen LogP contribution in [0.25, 0.3) is 0 Å². The Morgan fingerprint density at radius 1 is 1.40 bits per heavy atom. The first-order valence-corrected chi connectivity index (χ1v) is 7.30. The number of likely N-dealkylation sites (tertiary alicyclic amines) is 1. The molecule has 1 heterocycles. The van der Waals surface area contributed by atoms with E-state index in [4.69, 9.17) is 0 Å². The molecule has 4 heteroatoms. The number of hydrogen-bond donors (Lipinski definition) is 1. The third-order valence-corrected chi connectivity index (χ3v) is 3.91. The summed E-state index contributed by atoms with van der Waals surface area (Å²) in [6.07, 6.45) is 2.14. The summed E-state index contributed by atoms with van der Waals surface area (Å²) >= 11 is 0. The molecule has 1 N–H and O–H groups in total. The van der Waals surface area contributed by atoms with Crippen molar-refractivity contribution in [1.82, 2.24) is 9.80 Å². The third-order valence-electron chi connectivity index (χ3n) is 3.91. The van der Waals surface area contributed by atoms with E-state index in [-0.39, 0.29) is 12.5 Å². The van der Waals surface area contributed by atoms with Gasteiger partial charge in [0.25, 0.3) is 0 Å². The fraction of sp³-hybridized carbons (Fsp3) is 0.562. The lowest BCUT2D eigenvalue weighted by atomic mass is 9.99. The molecule has 1 aromatic rings. The lowest BCUT2D eigenvalue weighted by molar-refractivity contribution is -0.132. The van der Waals surface area contributed by atoms with Gasteiger partial charge in [-0.15, -0.1) is 0 Å². The Bertz CT molecular complexity index is 422. The monoisotopic (exact) mass is 276 g/mol. The van der Waals surface area contributed by atoms with Gasteiger partial charge in [-0.2, -0.15) is 0 Å². The highest BCUT2D eigenvalue weighted by Gasteiger charge is 2.22. The van der Waals surface area contributed by atoms with E-state index in [1.54, 1.807) is 4.90 Å². The maximum Gasteiger partial charge on any atom is 0.236 e. The van der Waals surface area contributed by atoms with Crippen LogP contribution in [0.1, 0.15) is 18.4 Å². The van der Waals surface area contributed by atoms with E-state index in [2.05, 4.69) is 4.90 Å². The number of piperidine rings is 1. The van der Waals surface area contributed by atoms with Crippen LogP contribution in [0, 0.1) is 5.92 Å². The number of aliphatic hydroxyl groups is 1. The average Bonchev–Trinajstić information content (AvgIpc) is 2.48. The molecule has 1 unspecified atom stereocenters. The highest BCUT2D eigenvalue weighted by Crippen LogP contribution is 2.15. The Labute approximate surface area is 121 Å². The van der Waals surface area contributed by atoms with Crippen molar-refractivity contribution < 1.29 is 9.90 Å². The minimum absolute atomic E-state index is 0.146. The molecule has 1 fully saturated rings. The lowest BCUT2D eigenvalue weighted by Gasteiger charge is -2.32. The first-order valence-electron chi connectivity index (χ1n) is 7.30. The Hall–Kier alpha value is -1.39. The van der Waals surface area contributed by atoms with Crippen LogP contribution < -0.4 is 0 Å². The van der Waals surface area contributed by atoms with Crippen molar-refractivity contribution >= 4 is 5.91 Å². The lowest BCUT2D eigenvalue weighted by Crippen LogP contribution is -2.43. The van der Waals surface area contributed by atoms with Crippen molar-refractivity contribution in [2.24, 2.45) is 5.92 Å².